The number of esters is 1. The van der Waals surface area contributed by atoms with Crippen molar-refractivity contribution in [2.45, 2.75) is 360 Å². The molecule has 414 valence electrons. The first-order chi connectivity index (χ1) is 34.5. The van der Waals surface area contributed by atoms with Gasteiger partial charge in [-0.05, 0) is 57.8 Å². The van der Waals surface area contributed by atoms with Gasteiger partial charge in [-0.25, -0.2) is 0 Å². The summed E-state index contributed by atoms with van der Waals surface area (Å²) in [6.45, 7) is 4.94. The number of carbonyl (C=O) groups is 2. The Kier molecular flexibility index (Phi) is 58.5. The van der Waals surface area contributed by atoms with Crippen LogP contribution in [-0.2, 0) is 14.3 Å². The van der Waals surface area contributed by atoms with Crippen LogP contribution in [0, 0.1) is 0 Å². The summed E-state index contributed by atoms with van der Waals surface area (Å²) in [5, 5.41) is 23.4. The topological polar surface area (TPSA) is 95.9 Å². The van der Waals surface area contributed by atoms with Crippen molar-refractivity contribution in [2.24, 2.45) is 0 Å². The Morgan fingerprint density at radius 3 is 1.06 bits per heavy atom. The Morgan fingerprint density at radius 2 is 0.700 bits per heavy atom. The summed E-state index contributed by atoms with van der Waals surface area (Å²) >= 11 is 0. The van der Waals surface area contributed by atoms with Crippen LogP contribution < -0.4 is 5.32 Å². The van der Waals surface area contributed by atoms with Crippen molar-refractivity contribution in [3.63, 3.8) is 0 Å². The maximum absolute atomic E-state index is 12.5. The molecule has 0 fully saturated rings. The van der Waals surface area contributed by atoms with Crippen molar-refractivity contribution in [3.05, 3.63) is 24.3 Å². The molecule has 0 radical (unpaired) electrons. The molecule has 1 amide bonds. The van der Waals surface area contributed by atoms with Crippen LogP contribution in [0.5, 0.6) is 0 Å². The summed E-state index contributed by atoms with van der Waals surface area (Å²) < 4.78 is 5.45. The SMILES string of the molecule is CCCCCCCCCCCCCCCCCCCCCCCCC(O)C(CO)NC(=O)CCCCCCCCCCCC/C=C\C=C/CCCCCOC(=O)CCCCCCCCCCCCCC. The Balaban J connectivity index is 3.47. The maximum Gasteiger partial charge on any atom is 0.305 e. The third-order valence-corrected chi connectivity index (χ3v) is 14.8. The smallest absolute Gasteiger partial charge is 0.305 e. The summed E-state index contributed by atoms with van der Waals surface area (Å²) in [6, 6.07) is -0.550. The largest absolute Gasteiger partial charge is 0.466 e. The monoisotopic (exact) mass is 986 g/mol. The minimum atomic E-state index is -0.672. The second-order valence-corrected chi connectivity index (χ2v) is 21.8. The Labute approximate surface area is 437 Å². The van der Waals surface area contributed by atoms with Gasteiger partial charge in [0.25, 0.3) is 0 Å². The van der Waals surface area contributed by atoms with E-state index < -0.39 is 12.1 Å². The average molecular weight is 987 g/mol. The van der Waals surface area contributed by atoms with E-state index in [1.807, 2.05) is 0 Å². The van der Waals surface area contributed by atoms with E-state index in [4.69, 9.17) is 4.74 Å². The quantitative estimate of drug-likeness (QED) is 0.0321. The van der Waals surface area contributed by atoms with E-state index in [0.29, 0.717) is 25.9 Å². The molecule has 0 aliphatic carbocycles. The summed E-state index contributed by atoms with van der Waals surface area (Å²) in [4.78, 5) is 24.5. The number of ether oxygens (including phenoxy) is 1. The van der Waals surface area contributed by atoms with Crippen molar-refractivity contribution < 1.29 is 24.5 Å². The van der Waals surface area contributed by atoms with Gasteiger partial charge in [0, 0.05) is 12.8 Å². The normalized spacial score (nSPS) is 12.7. The molecule has 0 saturated heterocycles. The van der Waals surface area contributed by atoms with Gasteiger partial charge in [0.1, 0.15) is 0 Å². The summed E-state index contributed by atoms with van der Waals surface area (Å²) in [5.41, 5.74) is 0. The summed E-state index contributed by atoms with van der Waals surface area (Å²) in [5.74, 6) is -0.0532. The second kappa shape index (κ2) is 59.9. The predicted octanol–water partition coefficient (Wildman–Crippen LogP) is 19.8. The molecule has 0 aromatic heterocycles. The molecule has 0 aliphatic rings. The van der Waals surface area contributed by atoms with E-state index in [1.54, 1.807) is 0 Å². The molecule has 0 aromatic carbocycles. The number of aliphatic hydroxyl groups excluding tert-OH is 2. The number of allylic oxidation sites excluding steroid dienone is 4. The molecular weight excluding hydrogens is 863 g/mol. The minimum absolute atomic E-state index is 0.0120. The van der Waals surface area contributed by atoms with Crippen LogP contribution in [0.3, 0.4) is 0 Å². The van der Waals surface area contributed by atoms with Crippen LogP contribution in [0.1, 0.15) is 348 Å². The Morgan fingerprint density at radius 1 is 0.400 bits per heavy atom. The number of hydrogen-bond donors (Lipinski definition) is 3. The van der Waals surface area contributed by atoms with Gasteiger partial charge < -0.3 is 20.3 Å². The van der Waals surface area contributed by atoms with Crippen molar-refractivity contribution in [2.75, 3.05) is 13.2 Å². The number of nitrogens with one attached hydrogen (secondary N) is 1. The van der Waals surface area contributed by atoms with Crippen LogP contribution in [0.15, 0.2) is 24.3 Å². The van der Waals surface area contributed by atoms with Crippen LogP contribution in [0.2, 0.25) is 0 Å². The highest BCUT2D eigenvalue weighted by Crippen LogP contribution is 2.18. The molecule has 0 spiro atoms. The van der Waals surface area contributed by atoms with Crippen LogP contribution in [0.25, 0.3) is 0 Å². The Hall–Kier alpha value is -1.66. The second-order valence-electron chi connectivity index (χ2n) is 21.8. The van der Waals surface area contributed by atoms with E-state index in [1.165, 1.54) is 244 Å². The van der Waals surface area contributed by atoms with E-state index in [0.717, 1.165) is 70.6 Å². The molecule has 0 aromatic rings. The van der Waals surface area contributed by atoms with E-state index in [2.05, 4.69) is 43.5 Å². The highest BCUT2D eigenvalue weighted by atomic mass is 16.5. The molecule has 6 nitrogen and oxygen atoms in total. The lowest BCUT2D eigenvalue weighted by molar-refractivity contribution is -0.143. The molecule has 0 saturated carbocycles. The van der Waals surface area contributed by atoms with Gasteiger partial charge >= 0.3 is 5.97 Å². The molecule has 0 heterocycles. The molecule has 0 aliphatic heterocycles. The average Bonchev–Trinajstić information content (AvgIpc) is 3.36. The minimum Gasteiger partial charge on any atom is -0.466 e. The lowest BCUT2D eigenvalue weighted by atomic mass is 10.0. The van der Waals surface area contributed by atoms with Crippen molar-refractivity contribution in [3.8, 4) is 0 Å². The van der Waals surface area contributed by atoms with E-state index in [-0.39, 0.29) is 18.5 Å². The van der Waals surface area contributed by atoms with Gasteiger partial charge in [-0.15, -0.1) is 0 Å². The number of rotatable bonds is 59. The lowest BCUT2D eigenvalue weighted by Gasteiger charge is -2.22. The molecule has 3 N–H and O–H groups in total. The van der Waals surface area contributed by atoms with Gasteiger partial charge in [-0.3, -0.25) is 9.59 Å². The van der Waals surface area contributed by atoms with Gasteiger partial charge in [0.05, 0.1) is 25.4 Å². The number of aliphatic hydroxyl groups is 2. The van der Waals surface area contributed by atoms with Crippen molar-refractivity contribution >= 4 is 11.9 Å². The third kappa shape index (κ3) is 55.7. The molecule has 2 unspecified atom stereocenters. The van der Waals surface area contributed by atoms with E-state index >= 15 is 0 Å². The van der Waals surface area contributed by atoms with Gasteiger partial charge in [0.2, 0.25) is 5.91 Å². The fourth-order valence-corrected chi connectivity index (χ4v) is 9.93. The predicted molar refractivity (Wildman–Crippen MR) is 306 cm³/mol. The number of hydrogen-bond acceptors (Lipinski definition) is 5. The van der Waals surface area contributed by atoms with Crippen molar-refractivity contribution in [1.82, 2.24) is 5.32 Å². The van der Waals surface area contributed by atoms with E-state index in [9.17, 15) is 19.8 Å². The summed E-state index contributed by atoms with van der Waals surface area (Å²) in [7, 11) is 0. The molecular formula is C64H123NO5. The molecule has 6 heteroatoms. The highest BCUT2D eigenvalue weighted by molar-refractivity contribution is 5.76. The summed E-state index contributed by atoms with van der Waals surface area (Å²) in [6.07, 6.45) is 73.3. The number of unbranched alkanes of at least 4 members (excludes halogenated alkanes) is 45. The molecule has 2 atom stereocenters. The van der Waals surface area contributed by atoms with Gasteiger partial charge in [-0.2, -0.15) is 0 Å². The zero-order chi connectivity index (χ0) is 50.7. The molecule has 0 bridgehead atoms. The zero-order valence-corrected chi connectivity index (χ0v) is 47.3. The van der Waals surface area contributed by atoms with Gasteiger partial charge in [-0.1, -0.05) is 301 Å². The van der Waals surface area contributed by atoms with Crippen LogP contribution >= 0.6 is 0 Å². The van der Waals surface area contributed by atoms with Gasteiger partial charge in [0.15, 0.2) is 0 Å². The fraction of sp³-hybridized carbons (Fsp3) is 0.906. The first-order valence-electron chi connectivity index (χ1n) is 31.6. The molecule has 0 rings (SSSR count). The number of carbonyl (C=O) groups excluding carboxylic acids is 2. The third-order valence-electron chi connectivity index (χ3n) is 14.8. The van der Waals surface area contributed by atoms with Crippen molar-refractivity contribution in [1.29, 1.82) is 0 Å². The first kappa shape index (κ1) is 68.3. The van der Waals surface area contributed by atoms with Crippen LogP contribution in [-0.4, -0.2) is 47.4 Å². The van der Waals surface area contributed by atoms with Crippen LogP contribution in [0.4, 0.5) is 0 Å². The lowest BCUT2D eigenvalue weighted by Crippen LogP contribution is -2.45. The zero-order valence-electron chi connectivity index (χ0n) is 47.3. The number of amides is 1. The standard InChI is InChI=1S/C64H123NO5/c1-3-5-7-9-11-13-15-17-18-19-20-21-22-24-27-30-33-36-40-44-48-52-56-62(67)61(60-66)65-63(68)57-53-49-45-41-37-34-31-28-25-23-26-29-32-35-39-43-47-51-55-59-70-64(69)58-54-50-46-42-38-16-14-12-10-8-6-4-2/h29,32,35,39,61-62,66-67H,3-28,30-31,33-34,36-38,40-60H2,1-2H3,(H,65,68)/b32-29-,39-35-. The Bertz CT molecular complexity index is 1090. The molecule has 70 heavy (non-hydrogen) atoms. The highest BCUT2D eigenvalue weighted by Gasteiger charge is 2.20. The fourth-order valence-electron chi connectivity index (χ4n) is 9.93. The first-order valence-corrected chi connectivity index (χ1v) is 31.6. The maximum atomic E-state index is 12.5.